The maximum absolute atomic E-state index is 15.1. The predicted octanol–water partition coefficient (Wildman–Crippen LogP) is 9.06. The van der Waals surface area contributed by atoms with Gasteiger partial charge in [0.2, 0.25) is 0 Å². The third-order valence-corrected chi connectivity index (χ3v) is 6.67. The van der Waals surface area contributed by atoms with E-state index in [1.807, 2.05) is 0 Å². The number of benzene rings is 3. The molecule has 0 bridgehead atoms. The van der Waals surface area contributed by atoms with E-state index in [4.69, 9.17) is 4.74 Å². The highest BCUT2D eigenvalue weighted by atomic mass is 19.4. The van der Waals surface area contributed by atoms with Gasteiger partial charge in [-0.15, -0.1) is 13.2 Å². The molecule has 0 atom stereocenters. The fourth-order valence-corrected chi connectivity index (χ4v) is 4.68. The van der Waals surface area contributed by atoms with Crippen LogP contribution in [0.25, 0.3) is 11.1 Å². The number of ether oxygens (including phenoxy) is 2. The van der Waals surface area contributed by atoms with Gasteiger partial charge in [0.1, 0.15) is 11.5 Å². The molecule has 0 radical (unpaired) electrons. The van der Waals surface area contributed by atoms with Crippen molar-refractivity contribution in [2.24, 2.45) is 5.92 Å². The first-order valence-electron chi connectivity index (χ1n) is 11.8. The minimum Gasteiger partial charge on any atom is -0.428 e. The molecule has 1 aliphatic carbocycles. The molecular formula is C28H27F5O2. The van der Waals surface area contributed by atoms with Gasteiger partial charge < -0.3 is 9.47 Å². The number of hydrogen-bond acceptors (Lipinski definition) is 2. The maximum atomic E-state index is 15.1. The second-order valence-corrected chi connectivity index (χ2v) is 8.94. The van der Waals surface area contributed by atoms with Gasteiger partial charge in [0.25, 0.3) is 0 Å². The Morgan fingerprint density at radius 3 is 1.97 bits per heavy atom. The predicted molar refractivity (Wildman–Crippen MR) is 125 cm³/mol. The van der Waals surface area contributed by atoms with E-state index in [0.717, 1.165) is 36.5 Å². The summed E-state index contributed by atoms with van der Waals surface area (Å²) in [5.74, 6) is 0.681. The SMILES string of the molecule is CCC1CCC(c2ccc(C(F)(F)Oc3ccccc3-c3ccc(OC(F)(F)F)cc3)cc2)CC1. The normalized spacial score (nSPS) is 18.8. The van der Waals surface area contributed by atoms with Gasteiger partial charge in [-0.25, -0.2) is 0 Å². The average Bonchev–Trinajstić information content (AvgIpc) is 2.84. The molecule has 0 amide bonds. The van der Waals surface area contributed by atoms with Crippen LogP contribution in [-0.2, 0) is 6.11 Å². The van der Waals surface area contributed by atoms with Crippen LogP contribution < -0.4 is 9.47 Å². The highest BCUT2D eigenvalue weighted by molar-refractivity contribution is 5.71. The zero-order valence-electron chi connectivity index (χ0n) is 19.3. The maximum Gasteiger partial charge on any atom is 0.573 e. The summed E-state index contributed by atoms with van der Waals surface area (Å²) in [6.45, 7) is 2.21. The van der Waals surface area contributed by atoms with Gasteiger partial charge in [0, 0.05) is 5.56 Å². The summed E-state index contributed by atoms with van der Waals surface area (Å²) < 4.78 is 76.4. The van der Waals surface area contributed by atoms with Crippen LogP contribution in [0.4, 0.5) is 22.0 Å². The Hall–Kier alpha value is -3.09. The van der Waals surface area contributed by atoms with E-state index in [2.05, 4.69) is 11.7 Å². The molecule has 2 nitrogen and oxygen atoms in total. The van der Waals surface area contributed by atoms with Crippen LogP contribution in [0.2, 0.25) is 0 Å². The van der Waals surface area contributed by atoms with Crippen LogP contribution >= 0.6 is 0 Å². The Morgan fingerprint density at radius 1 is 0.743 bits per heavy atom. The Morgan fingerprint density at radius 2 is 1.37 bits per heavy atom. The number of alkyl halides is 5. The van der Waals surface area contributed by atoms with E-state index >= 15 is 8.78 Å². The second kappa shape index (κ2) is 10.3. The Labute approximate surface area is 201 Å². The summed E-state index contributed by atoms with van der Waals surface area (Å²) in [6, 6.07) is 17.5. The third kappa shape index (κ3) is 6.32. The van der Waals surface area contributed by atoms with Crippen LogP contribution in [-0.4, -0.2) is 6.36 Å². The topological polar surface area (TPSA) is 18.5 Å². The molecule has 0 aromatic heterocycles. The molecular weight excluding hydrogens is 463 g/mol. The zero-order valence-corrected chi connectivity index (χ0v) is 19.3. The van der Waals surface area contributed by atoms with E-state index < -0.39 is 18.2 Å². The Bertz CT molecular complexity index is 1100. The lowest BCUT2D eigenvalue weighted by molar-refractivity contribution is -0.274. The van der Waals surface area contributed by atoms with Gasteiger partial charge in [0.15, 0.2) is 0 Å². The van der Waals surface area contributed by atoms with Crippen molar-refractivity contribution in [3.05, 3.63) is 83.9 Å². The molecule has 1 saturated carbocycles. The highest BCUT2D eigenvalue weighted by Crippen LogP contribution is 2.40. The molecule has 186 valence electrons. The van der Waals surface area contributed by atoms with Crippen molar-refractivity contribution in [3.8, 4) is 22.6 Å². The smallest absolute Gasteiger partial charge is 0.428 e. The summed E-state index contributed by atoms with van der Waals surface area (Å²) >= 11 is 0. The van der Waals surface area contributed by atoms with Gasteiger partial charge in [-0.3, -0.25) is 0 Å². The van der Waals surface area contributed by atoms with Crippen LogP contribution in [0.5, 0.6) is 11.5 Å². The van der Waals surface area contributed by atoms with Gasteiger partial charge in [0.05, 0.1) is 5.56 Å². The molecule has 0 heterocycles. The summed E-state index contributed by atoms with van der Waals surface area (Å²) in [6.07, 6.45) is -2.73. The van der Waals surface area contributed by atoms with Crippen molar-refractivity contribution < 1.29 is 31.4 Å². The second-order valence-electron chi connectivity index (χ2n) is 8.94. The van der Waals surface area contributed by atoms with E-state index in [1.54, 1.807) is 30.3 Å². The van der Waals surface area contributed by atoms with Crippen molar-refractivity contribution in [1.82, 2.24) is 0 Å². The Balaban J connectivity index is 1.49. The van der Waals surface area contributed by atoms with Crippen molar-refractivity contribution in [2.45, 2.75) is 57.4 Å². The van der Waals surface area contributed by atoms with Crippen LogP contribution in [0, 0.1) is 5.92 Å². The molecule has 3 aromatic carbocycles. The zero-order chi connectivity index (χ0) is 25.1. The molecule has 1 aliphatic rings. The molecule has 0 aliphatic heterocycles. The van der Waals surface area contributed by atoms with Crippen LogP contribution in [0.3, 0.4) is 0 Å². The molecule has 3 aromatic rings. The molecule has 0 spiro atoms. The third-order valence-electron chi connectivity index (χ3n) is 6.67. The van der Waals surface area contributed by atoms with Crippen LogP contribution in [0.15, 0.2) is 72.8 Å². The largest absolute Gasteiger partial charge is 0.573 e. The highest BCUT2D eigenvalue weighted by Gasteiger charge is 2.36. The molecule has 35 heavy (non-hydrogen) atoms. The Kier molecular flexibility index (Phi) is 7.33. The lowest BCUT2D eigenvalue weighted by Gasteiger charge is -2.28. The van der Waals surface area contributed by atoms with E-state index in [1.165, 1.54) is 49.6 Å². The summed E-state index contributed by atoms with van der Waals surface area (Å²) in [5, 5.41) is 0. The number of para-hydroxylation sites is 1. The first-order valence-corrected chi connectivity index (χ1v) is 11.8. The van der Waals surface area contributed by atoms with E-state index in [0.29, 0.717) is 17.0 Å². The summed E-state index contributed by atoms with van der Waals surface area (Å²) in [4.78, 5) is 0. The molecule has 0 unspecified atom stereocenters. The molecule has 4 rings (SSSR count). The first-order chi connectivity index (χ1) is 16.6. The molecule has 0 saturated heterocycles. The van der Waals surface area contributed by atoms with E-state index in [-0.39, 0.29) is 11.3 Å². The first kappa shape index (κ1) is 25.0. The van der Waals surface area contributed by atoms with Gasteiger partial charge in [-0.1, -0.05) is 55.8 Å². The van der Waals surface area contributed by atoms with E-state index in [9.17, 15) is 13.2 Å². The quantitative estimate of drug-likeness (QED) is 0.308. The minimum absolute atomic E-state index is 0.0797. The molecule has 7 heteroatoms. The number of hydrogen-bond donors (Lipinski definition) is 0. The number of halogens is 5. The van der Waals surface area contributed by atoms with Gasteiger partial charge >= 0.3 is 12.5 Å². The van der Waals surface area contributed by atoms with Crippen molar-refractivity contribution in [3.63, 3.8) is 0 Å². The minimum atomic E-state index is -4.81. The summed E-state index contributed by atoms with van der Waals surface area (Å²) in [5.41, 5.74) is 1.56. The lowest BCUT2D eigenvalue weighted by Crippen LogP contribution is -2.22. The van der Waals surface area contributed by atoms with Crippen LogP contribution in [0.1, 0.15) is 56.1 Å². The van der Waals surface area contributed by atoms with Crippen molar-refractivity contribution in [2.75, 3.05) is 0 Å². The average molecular weight is 491 g/mol. The number of rotatable bonds is 7. The standard InChI is InChI=1S/C28H27F5O2/c1-2-19-7-9-20(10-8-19)21-11-15-23(16-12-21)27(29,30)35-26-6-4-3-5-25(26)22-13-17-24(18-14-22)34-28(31,32)33/h3-6,11-20H,2,7-10H2,1H3. The van der Waals surface area contributed by atoms with Gasteiger partial charge in [-0.05, 0) is 79.0 Å². The van der Waals surface area contributed by atoms with Crippen molar-refractivity contribution >= 4 is 0 Å². The fourth-order valence-electron chi connectivity index (χ4n) is 4.68. The molecule has 0 N–H and O–H groups in total. The lowest BCUT2D eigenvalue weighted by atomic mass is 9.78. The fraction of sp³-hybridized carbons (Fsp3) is 0.357. The van der Waals surface area contributed by atoms with Crippen molar-refractivity contribution in [1.29, 1.82) is 0 Å². The van der Waals surface area contributed by atoms with Gasteiger partial charge in [-0.2, -0.15) is 8.78 Å². The molecule has 1 fully saturated rings. The monoisotopic (exact) mass is 490 g/mol. The summed E-state index contributed by atoms with van der Waals surface area (Å²) in [7, 11) is 0.